The van der Waals surface area contributed by atoms with E-state index >= 15 is 0 Å². The third-order valence-electron chi connectivity index (χ3n) is 2.54. The third kappa shape index (κ3) is 4.97. The normalized spacial score (nSPS) is 10.0. The highest BCUT2D eigenvalue weighted by Crippen LogP contribution is 2.16. The SMILES string of the molecule is COCCNC(=O)CNc1ccc(C(=O)O)cc1C. The number of anilines is 1. The number of carbonyl (C=O) groups excluding carboxylic acids is 1. The van der Waals surface area contributed by atoms with Crippen LogP contribution >= 0.6 is 0 Å². The second kappa shape index (κ2) is 7.38. The van der Waals surface area contributed by atoms with Crippen molar-refractivity contribution in [1.82, 2.24) is 5.32 Å². The lowest BCUT2D eigenvalue weighted by atomic mass is 10.1. The Balaban J connectivity index is 2.49. The molecule has 0 aromatic heterocycles. The molecule has 0 bridgehead atoms. The van der Waals surface area contributed by atoms with Crippen molar-refractivity contribution in [1.29, 1.82) is 0 Å². The first-order valence-electron chi connectivity index (χ1n) is 5.88. The van der Waals surface area contributed by atoms with Crippen molar-refractivity contribution >= 4 is 17.6 Å². The van der Waals surface area contributed by atoms with Gasteiger partial charge in [-0.05, 0) is 30.7 Å². The smallest absolute Gasteiger partial charge is 0.335 e. The van der Waals surface area contributed by atoms with Crippen LogP contribution in [0.2, 0.25) is 0 Å². The molecule has 1 rings (SSSR count). The topological polar surface area (TPSA) is 87.7 Å². The Morgan fingerprint density at radius 3 is 2.68 bits per heavy atom. The van der Waals surface area contributed by atoms with Gasteiger partial charge in [0.1, 0.15) is 0 Å². The summed E-state index contributed by atoms with van der Waals surface area (Å²) in [6.45, 7) is 2.86. The van der Waals surface area contributed by atoms with Crippen molar-refractivity contribution in [3.63, 3.8) is 0 Å². The number of carboxylic acid groups (broad SMARTS) is 1. The molecule has 1 aromatic rings. The first-order chi connectivity index (χ1) is 9.04. The number of methoxy groups -OCH3 is 1. The highest BCUT2D eigenvalue weighted by molar-refractivity contribution is 5.88. The van der Waals surface area contributed by atoms with Gasteiger partial charge in [0.05, 0.1) is 18.7 Å². The van der Waals surface area contributed by atoms with E-state index in [9.17, 15) is 9.59 Å². The van der Waals surface area contributed by atoms with Gasteiger partial charge in [0.25, 0.3) is 0 Å². The molecule has 0 radical (unpaired) electrons. The van der Waals surface area contributed by atoms with Crippen LogP contribution in [0.1, 0.15) is 15.9 Å². The van der Waals surface area contributed by atoms with Crippen LogP contribution in [-0.4, -0.2) is 43.8 Å². The summed E-state index contributed by atoms with van der Waals surface area (Å²) in [4.78, 5) is 22.2. The Morgan fingerprint density at radius 1 is 1.37 bits per heavy atom. The van der Waals surface area contributed by atoms with E-state index in [0.717, 1.165) is 11.3 Å². The Bertz CT molecular complexity index is 460. The Kier molecular flexibility index (Phi) is 5.81. The lowest BCUT2D eigenvalue weighted by Gasteiger charge is -2.10. The number of hydrogen-bond acceptors (Lipinski definition) is 4. The maximum Gasteiger partial charge on any atom is 0.335 e. The molecule has 0 saturated heterocycles. The van der Waals surface area contributed by atoms with Crippen molar-refractivity contribution < 1.29 is 19.4 Å². The maximum atomic E-state index is 11.5. The molecule has 0 unspecified atom stereocenters. The zero-order valence-electron chi connectivity index (χ0n) is 11.0. The molecule has 0 heterocycles. The number of nitrogens with one attached hydrogen (secondary N) is 2. The number of ether oxygens (including phenoxy) is 1. The average Bonchev–Trinajstić information content (AvgIpc) is 2.37. The standard InChI is InChI=1S/C13H18N2O4/c1-9-7-10(13(17)18)3-4-11(9)15-8-12(16)14-5-6-19-2/h3-4,7,15H,5-6,8H2,1-2H3,(H,14,16)(H,17,18). The zero-order valence-corrected chi connectivity index (χ0v) is 11.0. The number of carboxylic acids is 1. The van der Waals surface area contributed by atoms with Crippen LogP contribution in [0.25, 0.3) is 0 Å². The minimum Gasteiger partial charge on any atom is -0.478 e. The molecule has 0 fully saturated rings. The van der Waals surface area contributed by atoms with E-state index in [-0.39, 0.29) is 18.0 Å². The number of amides is 1. The molecule has 1 amide bonds. The van der Waals surface area contributed by atoms with Gasteiger partial charge in [0.15, 0.2) is 0 Å². The molecule has 19 heavy (non-hydrogen) atoms. The highest BCUT2D eigenvalue weighted by Gasteiger charge is 2.06. The number of carbonyl (C=O) groups is 2. The molecule has 6 nitrogen and oxygen atoms in total. The Morgan fingerprint density at radius 2 is 2.11 bits per heavy atom. The van der Waals surface area contributed by atoms with E-state index < -0.39 is 5.97 Å². The van der Waals surface area contributed by atoms with Gasteiger partial charge in [-0.1, -0.05) is 0 Å². The summed E-state index contributed by atoms with van der Waals surface area (Å²) in [5.74, 6) is -1.11. The number of aromatic carboxylic acids is 1. The molecule has 0 saturated carbocycles. The van der Waals surface area contributed by atoms with E-state index in [1.54, 1.807) is 26.2 Å². The minimum absolute atomic E-state index is 0.136. The molecule has 6 heteroatoms. The van der Waals surface area contributed by atoms with Gasteiger partial charge in [0.2, 0.25) is 5.91 Å². The quantitative estimate of drug-likeness (QED) is 0.637. The maximum absolute atomic E-state index is 11.5. The van der Waals surface area contributed by atoms with Gasteiger partial charge < -0.3 is 20.5 Å². The third-order valence-corrected chi connectivity index (χ3v) is 2.54. The van der Waals surface area contributed by atoms with Crippen molar-refractivity contribution in [2.45, 2.75) is 6.92 Å². The lowest BCUT2D eigenvalue weighted by molar-refractivity contribution is -0.119. The fourth-order valence-electron chi connectivity index (χ4n) is 1.53. The largest absolute Gasteiger partial charge is 0.478 e. The van der Waals surface area contributed by atoms with Crippen molar-refractivity contribution in [3.05, 3.63) is 29.3 Å². The number of aryl methyl sites for hydroxylation is 1. The van der Waals surface area contributed by atoms with Crippen LogP contribution in [0.5, 0.6) is 0 Å². The molecule has 104 valence electrons. The summed E-state index contributed by atoms with van der Waals surface area (Å²) in [7, 11) is 1.57. The van der Waals surface area contributed by atoms with E-state index in [4.69, 9.17) is 9.84 Å². The predicted octanol–water partition coefficient (Wildman–Crippen LogP) is 0.868. The van der Waals surface area contributed by atoms with Gasteiger partial charge in [0, 0.05) is 19.3 Å². The monoisotopic (exact) mass is 266 g/mol. The lowest BCUT2D eigenvalue weighted by Crippen LogP contribution is -2.32. The van der Waals surface area contributed by atoms with Crippen molar-refractivity contribution in [3.8, 4) is 0 Å². The van der Waals surface area contributed by atoms with Crippen LogP contribution in [-0.2, 0) is 9.53 Å². The molecule has 0 spiro atoms. The molecule has 3 N–H and O–H groups in total. The van der Waals surface area contributed by atoms with Crippen LogP contribution in [0.3, 0.4) is 0 Å². The summed E-state index contributed by atoms with van der Waals surface area (Å²) in [6.07, 6.45) is 0. The van der Waals surface area contributed by atoms with E-state index in [1.165, 1.54) is 6.07 Å². The number of benzene rings is 1. The Labute approximate surface area is 111 Å². The fraction of sp³-hybridized carbons (Fsp3) is 0.385. The first kappa shape index (κ1) is 15.0. The van der Waals surface area contributed by atoms with Crippen LogP contribution in [0, 0.1) is 6.92 Å². The van der Waals surface area contributed by atoms with Crippen molar-refractivity contribution in [2.24, 2.45) is 0 Å². The first-order valence-corrected chi connectivity index (χ1v) is 5.88. The molecular formula is C13H18N2O4. The fourth-order valence-corrected chi connectivity index (χ4v) is 1.53. The summed E-state index contributed by atoms with van der Waals surface area (Å²) >= 11 is 0. The molecule has 0 aliphatic heterocycles. The van der Waals surface area contributed by atoms with Crippen LogP contribution in [0.15, 0.2) is 18.2 Å². The van der Waals surface area contributed by atoms with E-state index in [1.807, 2.05) is 0 Å². The summed E-state index contributed by atoms with van der Waals surface area (Å²) in [6, 6.07) is 4.72. The average molecular weight is 266 g/mol. The molecular weight excluding hydrogens is 248 g/mol. The minimum atomic E-state index is -0.966. The Hall–Kier alpha value is -2.08. The highest BCUT2D eigenvalue weighted by atomic mass is 16.5. The summed E-state index contributed by atoms with van der Waals surface area (Å²) < 4.78 is 4.82. The van der Waals surface area contributed by atoms with Gasteiger partial charge in [-0.2, -0.15) is 0 Å². The summed E-state index contributed by atoms with van der Waals surface area (Å²) in [5, 5.41) is 14.5. The molecule has 0 aliphatic rings. The van der Waals surface area contributed by atoms with Gasteiger partial charge in [-0.25, -0.2) is 4.79 Å². The van der Waals surface area contributed by atoms with Gasteiger partial charge >= 0.3 is 5.97 Å². The number of hydrogen-bond donors (Lipinski definition) is 3. The molecule has 1 aromatic carbocycles. The summed E-state index contributed by atoms with van der Waals surface area (Å²) in [5.41, 5.74) is 1.75. The van der Waals surface area contributed by atoms with Gasteiger partial charge in [-0.3, -0.25) is 4.79 Å². The van der Waals surface area contributed by atoms with Gasteiger partial charge in [-0.15, -0.1) is 0 Å². The zero-order chi connectivity index (χ0) is 14.3. The van der Waals surface area contributed by atoms with Crippen LogP contribution < -0.4 is 10.6 Å². The van der Waals surface area contributed by atoms with Crippen molar-refractivity contribution in [2.75, 3.05) is 32.1 Å². The molecule has 0 atom stereocenters. The predicted molar refractivity (Wildman–Crippen MR) is 71.5 cm³/mol. The van der Waals surface area contributed by atoms with Crippen LogP contribution in [0.4, 0.5) is 5.69 Å². The van der Waals surface area contributed by atoms with E-state index in [2.05, 4.69) is 10.6 Å². The second-order valence-electron chi connectivity index (χ2n) is 4.03. The number of rotatable bonds is 7. The van der Waals surface area contributed by atoms with E-state index in [0.29, 0.717) is 13.2 Å². The second-order valence-corrected chi connectivity index (χ2v) is 4.03. The molecule has 0 aliphatic carbocycles.